The molecule has 1 heterocycles. The third kappa shape index (κ3) is 4.75. The van der Waals surface area contributed by atoms with Gasteiger partial charge >= 0.3 is 5.97 Å². The van der Waals surface area contributed by atoms with Crippen LogP contribution in [0.15, 0.2) is 88.0 Å². The van der Waals surface area contributed by atoms with Crippen LogP contribution in [-0.4, -0.2) is 11.9 Å². The highest BCUT2D eigenvalue weighted by molar-refractivity contribution is 9.10. The van der Waals surface area contributed by atoms with Crippen molar-refractivity contribution >= 4 is 45.5 Å². The molecule has 3 aromatic rings. The Balaban J connectivity index is 1.47. The molecular weight excluding hydrogens is 454 g/mol. The van der Waals surface area contributed by atoms with E-state index in [1.807, 2.05) is 72.8 Å². The van der Waals surface area contributed by atoms with Gasteiger partial charge in [0.2, 0.25) is 5.90 Å². The number of esters is 1. The van der Waals surface area contributed by atoms with Gasteiger partial charge in [-0.05, 0) is 69.5 Å². The number of carbonyl (C=O) groups excluding carboxylic acids is 1. The highest BCUT2D eigenvalue weighted by Gasteiger charge is 2.25. The van der Waals surface area contributed by atoms with E-state index in [0.29, 0.717) is 11.6 Å². The molecule has 0 unspecified atom stereocenters. The number of carbonyl (C=O) groups is 1. The van der Waals surface area contributed by atoms with Gasteiger partial charge in [-0.3, -0.25) is 0 Å². The van der Waals surface area contributed by atoms with Gasteiger partial charge in [-0.2, -0.15) is 0 Å². The monoisotopic (exact) mass is 467 g/mol. The summed E-state index contributed by atoms with van der Waals surface area (Å²) in [6, 6.07) is 22.4. The molecule has 0 fully saturated rings. The molecule has 0 spiro atoms. The normalized spacial score (nSPS) is 14.6. The number of nitrogens with zero attached hydrogens (tertiary/aromatic N) is 1. The number of cyclic esters (lactones) is 1. The zero-order chi connectivity index (χ0) is 20.2. The second-order valence-corrected chi connectivity index (χ2v) is 7.59. The van der Waals surface area contributed by atoms with Crippen molar-refractivity contribution < 1.29 is 14.3 Å². The van der Waals surface area contributed by atoms with Gasteiger partial charge in [0.05, 0.1) is 5.56 Å². The Morgan fingerprint density at radius 3 is 2.59 bits per heavy atom. The van der Waals surface area contributed by atoms with Crippen LogP contribution in [-0.2, 0) is 16.1 Å². The molecule has 1 aliphatic heterocycles. The summed E-state index contributed by atoms with van der Waals surface area (Å²) in [6.45, 7) is 0.424. The topological polar surface area (TPSA) is 47.9 Å². The summed E-state index contributed by atoms with van der Waals surface area (Å²) in [7, 11) is 0. The molecule has 144 valence electrons. The minimum absolute atomic E-state index is 0.253. The lowest BCUT2D eigenvalue weighted by Crippen LogP contribution is -2.05. The fourth-order valence-electron chi connectivity index (χ4n) is 2.77. The van der Waals surface area contributed by atoms with Crippen LogP contribution in [0.2, 0.25) is 5.02 Å². The number of ether oxygens (including phenoxy) is 2. The molecule has 0 radical (unpaired) electrons. The van der Waals surface area contributed by atoms with Crippen molar-refractivity contribution in [3.8, 4) is 5.75 Å². The van der Waals surface area contributed by atoms with Crippen LogP contribution in [0.3, 0.4) is 0 Å². The standard InChI is InChI=1S/C23H15BrClNO3/c24-20-7-2-1-6-19(20)22-26-21(23(27)29-22)13-15-8-10-18(11-9-15)28-14-16-4-3-5-17(25)12-16/h1-13H,14H2/b21-13-. The van der Waals surface area contributed by atoms with E-state index in [0.717, 1.165) is 26.9 Å². The maximum atomic E-state index is 12.2. The summed E-state index contributed by atoms with van der Waals surface area (Å²) in [6.07, 6.45) is 1.69. The summed E-state index contributed by atoms with van der Waals surface area (Å²) in [5.74, 6) is 0.533. The lowest BCUT2D eigenvalue weighted by Gasteiger charge is -2.07. The van der Waals surface area contributed by atoms with Crippen molar-refractivity contribution in [2.24, 2.45) is 4.99 Å². The molecule has 1 aliphatic rings. The zero-order valence-corrected chi connectivity index (χ0v) is 17.5. The van der Waals surface area contributed by atoms with Crippen LogP contribution < -0.4 is 4.74 Å². The van der Waals surface area contributed by atoms with Crippen LogP contribution in [0.4, 0.5) is 0 Å². The zero-order valence-electron chi connectivity index (χ0n) is 15.1. The van der Waals surface area contributed by atoms with Gasteiger partial charge in [-0.25, -0.2) is 9.79 Å². The SMILES string of the molecule is O=C1OC(c2ccccc2Br)=N/C1=C\c1ccc(OCc2cccc(Cl)c2)cc1. The van der Waals surface area contributed by atoms with Crippen molar-refractivity contribution in [2.45, 2.75) is 6.61 Å². The van der Waals surface area contributed by atoms with Gasteiger partial charge in [0.1, 0.15) is 12.4 Å². The van der Waals surface area contributed by atoms with E-state index in [1.165, 1.54) is 0 Å². The van der Waals surface area contributed by atoms with E-state index in [9.17, 15) is 4.79 Å². The maximum Gasteiger partial charge on any atom is 0.363 e. The Hall–Kier alpha value is -2.89. The second-order valence-electron chi connectivity index (χ2n) is 6.30. The number of hydrogen-bond donors (Lipinski definition) is 0. The Labute approximate surface area is 181 Å². The Morgan fingerprint density at radius 2 is 1.83 bits per heavy atom. The first-order chi connectivity index (χ1) is 14.1. The third-order valence-corrected chi connectivity index (χ3v) is 5.13. The van der Waals surface area contributed by atoms with Crippen molar-refractivity contribution in [2.75, 3.05) is 0 Å². The van der Waals surface area contributed by atoms with E-state index in [1.54, 1.807) is 6.08 Å². The highest BCUT2D eigenvalue weighted by Crippen LogP contribution is 2.24. The van der Waals surface area contributed by atoms with E-state index in [2.05, 4.69) is 20.9 Å². The first kappa shape index (κ1) is 19.4. The minimum atomic E-state index is -0.475. The quantitative estimate of drug-likeness (QED) is 0.339. The summed E-state index contributed by atoms with van der Waals surface area (Å²) >= 11 is 9.43. The first-order valence-corrected chi connectivity index (χ1v) is 10.0. The van der Waals surface area contributed by atoms with Gasteiger partial charge in [0.15, 0.2) is 5.70 Å². The second kappa shape index (κ2) is 8.64. The smallest absolute Gasteiger partial charge is 0.363 e. The fourth-order valence-corrected chi connectivity index (χ4v) is 3.44. The van der Waals surface area contributed by atoms with Crippen molar-refractivity contribution in [3.05, 3.63) is 105 Å². The van der Waals surface area contributed by atoms with Crippen molar-refractivity contribution in [1.82, 2.24) is 0 Å². The average Bonchev–Trinajstić information content (AvgIpc) is 3.08. The van der Waals surface area contributed by atoms with Gasteiger partial charge in [-0.1, -0.05) is 48.0 Å². The minimum Gasteiger partial charge on any atom is -0.489 e. The lowest BCUT2D eigenvalue weighted by molar-refractivity contribution is -0.129. The molecule has 0 saturated carbocycles. The Morgan fingerprint density at radius 1 is 1.03 bits per heavy atom. The van der Waals surface area contributed by atoms with Gasteiger partial charge in [0, 0.05) is 9.50 Å². The van der Waals surface area contributed by atoms with E-state index < -0.39 is 5.97 Å². The van der Waals surface area contributed by atoms with Crippen LogP contribution in [0.25, 0.3) is 6.08 Å². The van der Waals surface area contributed by atoms with Crippen LogP contribution in [0.1, 0.15) is 16.7 Å². The fraction of sp³-hybridized carbons (Fsp3) is 0.0435. The molecule has 6 heteroatoms. The predicted molar refractivity (Wildman–Crippen MR) is 117 cm³/mol. The lowest BCUT2D eigenvalue weighted by atomic mass is 10.2. The maximum absolute atomic E-state index is 12.2. The summed E-state index contributed by atoms with van der Waals surface area (Å²) in [5, 5.41) is 0.680. The Kier molecular flexibility index (Phi) is 5.79. The molecule has 4 nitrogen and oxygen atoms in total. The molecule has 0 amide bonds. The molecule has 0 atom stereocenters. The molecule has 0 N–H and O–H groups in total. The summed E-state index contributed by atoms with van der Waals surface area (Å²) < 4.78 is 11.9. The number of halogens is 2. The first-order valence-electron chi connectivity index (χ1n) is 8.83. The predicted octanol–water partition coefficient (Wildman–Crippen LogP) is 6.03. The summed E-state index contributed by atoms with van der Waals surface area (Å²) in [4.78, 5) is 16.5. The van der Waals surface area contributed by atoms with Gasteiger partial charge < -0.3 is 9.47 Å². The van der Waals surface area contributed by atoms with Crippen LogP contribution >= 0.6 is 27.5 Å². The average molecular weight is 469 g/mol. The molecule has 0 aromatic heterocycles. The van der Waals surface area contributed by atoms with Crippen LogP contribution in [0, 0.1) is 0 Å². The Bertz CT molecular complexity index is 1120. The van der Waals surface area contributed by atoms with E-state index >= 15 is 0 Å². The van der Waals surface area contributed by atoms with Crippen molar-refractivity contribution in [3.63, 3.8) is 0 Å². The number of rotatable bonds is 5. The van der Waals surface area contributed by atoms with Gasteiger partial charge in [0.25, 0.3) is 0 Å². The van der Waals surface area contributed by atoms with E-state index in [-0.39, 0.29) is 11.6 Å². The molecule has 0 saturated heterocycles. The number of aliphatic imine (C=N–C) groups is 1. The molecular formula is C23H15BrClNO3. The molecule has 29 heavy (non-hydrogen) atoms. The van der Waals surface area contributed by atoms with Gasteiger partial charge in [-0.15, -0.1) is 0 Å². The molecule has 3 aromatic carbocycles. The molecule has 0 bridgehead atoms. The number of hydrogen-bond acceptors (Lipinski definition) is 4. The largest absolute Gasteiger partial charge is 0.489 e. The van der Waals surface area contributed by atoms with E-state index in [4.69, 9.17) is 21.1 Å². The molecule has 0 aliphatic carbocycles. The molecule has 4 rings (SSSR count). The highest BCUT2D eigenvalue weighted by atomic mass is 79.9. The van der Waals surface area contributed by atoms with Crippen LogP contribution in [0.5, 0.6) is 5.75 Å². The van der Waals surface area contributed by atoms with Crippen molar-refractivity contribution in [1.29, 1.82) is 0 Å². The number of benzene rings is 3. The third-order valence-electron chi connectivity index (χ3n) is 4.20. The summed E-state index contributed by atoms with van der Waals surface area (Å²) in [5.41, 5.74) is 2.80.